The Morgan fingerprint density at radius 1 is 1.57 bits per heavy atom. The topological polar surface area (TPSA) is 54.9 Å². The van der Waals surface area contributed by atoms with E-state index in [1.807, 2.05) is 6.92 Å². The second-order valence-corrected chi connectivity index (χ2v) is 3.39. The van der Waals surface area contributed by atoms with E-state index < -0.39 is 0 Å². The molecule has 1 N–H and O–H groups in total. The van der Waals surface area contributed by atoms with E-state index in [9.17, 15) is 4.79 Å². The van der Waals surface area contributed by atoms with Crippen molar-refractivity contribution >= 4 is 5.91 Å². The lowest BCUT2D eigenvalue weighted by molar-refractivity contribution is 0.0949. The van der Waals surface area contributed by atoms with Gasteiger partial charge in [-0.1, -0.05) is 13.8 Å². The number of nitrogens with zero attached hydrogens (tertiary/aromatic N) is 2. The average molecular weight is 193 g/mol. The number of amides is 1. The summed E-state index contributed by atoms with van der Waals surface area (Å²) in [4.78, 5) is 11.4. The zero-order valence-corrected chi connectivity index (χ0v) is 8.74. The van der Waals surface area contributed by atoms with Gasteiger partial charge in [0.2, 0.25) is 0 Å². The van der Waals surface area contributed by atoms with Crippen LogP contribution in [0.15, 0.2) is 12.3 Å². The number of carbonyl (C=O) groups is 1. The zero-order chi connectivity index (χ0) is 10.6. The highest BCUT2D eigenvalue weighted by Crippen LogP contribution is 2.12. The van der Waals surface area contributed by atoms with E-state index in [1.165, 1.54) is 0 Å². The molecule has 0 spiro atoms. The monoisotopic (exact) mass is 193 g/mol. The summed E-state index contributed by atoms with van der Waals surface area (Å²) in [7, 11) is 0. The molecule has 4 heteroatoms. The molecule has 0 saturated heterocycles. The first-order chi connectivity index (χ1) is 6.65. The van der Waals surface area contributed by atoms with Crippen LogP contribution in [0, 0.1) is 0 Å². The molecule has 0 aliphatic heterocycles. The lowest BCUT2D eigenvalue weighted by Gasteiger charge is -2.05. The number of aromatic nitrogens is 2. The molecule has 1 amide bonds. The molecule has 1 heterocycles. The van der Waals surface area contributed by atoms with Crippen LogP contribution in [0.4, 0.5) is 0 Å². The standard InChI is InChI=1S/C10H15N3O/c1-4-11-10(14)9-5-8(7(2)3)6-12-13-9/h5-7H,4H2,1-3H3,(H,11,14). The van der Waals surface area contributed by atoms with Gasteiger partial charge in [0.25, 0.3) is 5.91 Å². The van der Waals surface area contributed by atoms with Crippen molar-refractivity contribution < 1.29 is 4.79 Å². The smallest absolute Gasteiger partial charge is 0.271 e. The van der Waals surface area contributed by atoms with Crippen LogP contribution in [0.3, 0.4) is 0 Å². The molecule has 0 saturated carbocycles. The molecule has 0 aliphatic carbocycles. The minimum Gasteiger partial charge on any atom is -0.351 e. The fourth-order valence-electron chi connectivity index (χ4n) is 1.06. The maximum absolute atomic E-state index is 11.4. The lowest BCUT2D eigenvalue weighted by atomic mass is 10.1. The minimum atomic E-state index is -0.164. The van der Waals surface area contributed by atoms with Gasteiger partial charge in [0.1, 0.15) is 0 Å². The maximum atomic E-state index is 11.4. The van der Waals surface area contributed by atoms with Gasteiger partial charge in [-0.15, -0.1) is 5.10 Å². The van der Waals surface area contributed by atoms with E-state index >= 15 is 0 Å². The van der Waals surface area contributed by atoms with Gasteiger partial charge in [-0.3, -0.25) is 4.79 Å². The third kappa shape index (κ3) is 2.52. The Balaban J connectivity index is 2.88. The number of hydrogen-bond acceptors (Lipinski definition) is 3. The summed E-state index contributed by atoms with van der Waals surface area (Å²) in [6.45, 7) is 6.58. The van der Waals surface area contributed by atoms with E-state index in [4.69, 9.17) is 0 Å². The molecular weight excluding hydrogens is 178 g/mol. The van der Waals surface area contributed by atoms with Crippen LogP contribution in [0.1, 0.15) is 42.7 Å². The summed E-state index contributed by atoms with van der Waals surface area (Å²) in [5.74, 6) is 0.196. The van der Waals surface area contributed by atoms with Gasteiger partial charge in [-0.25, -0.2) is 0 Å². The van der Waals surface area contributed by atoms with Gasteiger partial charge in [-0.05, 0) is 24.5 Å². The molecule has 0 aliphatic rings. The molecule has 1 aromatic rings. The van der Waals surface area contributed by atoms with E-state index in [0.29, 0.717) is 18.2 Å². The van der Waals surface area contributed by atoms with Crippen molar-refractivity contribution in [2.24, 2.45) is 0 Å². The SMILES string of the molecule is CCNC(=O)c1cc(C(C)C)cnn1. The fraction of sp³-hybridized carbons (Fsp3) is 0.500. The molecule has 4 nitrogen and oxygen atoms in total. The number of hydrogen-bond donors (Lipinski definition) is 1. The maximum Gasteiger partial charge on any atom is 0.271 e. The molecule has 0 atom stereocenters. The minimum absolute atomic E-state index is 0.164. The summed E-state index contributed by atoms with van der Waals surface area (Å²) in [5.41, 5.74) is 1.42. The van der Waals surface area contributed by atoms with Crippen molar-refractivity contribution in [3.05, 3.63) is 23.5 Å². The summed E-state index contributed by atoms with van der Waals surface area (Å²) in [5, 5.41) is 10.3. The third-order valence-electron chi connectivity index (χ3n) is 1.91. The predicted octanol–water partition coefficient (Wildman–Crippen LogP) is 1.35. The van der Waals surface area contributed by atoms with Crippen LogP contribution in [0.25, 0.3) is 0 Å². The quantitative estimate of drug-likeness (QED) is 0.788. The summed E-state index contributed by atoms with van der Waals surface area (Å²) in [6, 6.07) is 1.78. The summed E-state index contributed by atoms with van der Waals surface area (Å²) in [6.07, 6.45) is 1.69. The summed E-state index contributed by atoms with van der Waals surface area (Å²) < 4.78 is 0. The Morgan fingerprint density at radius 3 is 2.86 bits per heavy atom. The van der Waals surface area contributed by atoms with E-state index in [2.05, 4.69) is 29.4 Å². The van der Waals surface area contributed by atoms with Crippen LogP contribution in [0.5, 0.6) is 0 Å². The van der Waals surface area contributed by atoms with Gasteiger partial charge >= 0.3 is 0 Å². The van der Waals surface area contributed by atoms with Crippen molar-refractivity contribution in [1.29, 1.82) is 0 Å². The highest BCUT2D eigenvalue weighted by Gasteiger charge is 2.08. The molecule has 1 aromatic heterocycles. The second-order valence-electron chi connectivity index (χ2n) is 3.39. The molecule has 0 unspecified atom stereocenters. The Labute approximate surface area is 83.7 Å². The van der Waals surface area contributed by atoms with Crippen molar-refractivity contribution in [3.8, 4) is 0 Å². The molecule has 76 valence electrons. The predicted molar refractivity (Wildman–Crippen MR) is 54.1 cm³/mol. The van der Waals surface area contributed by atoms with Crippen molar-refractivity contribution in [2.45, 2.75) is 26.7 Å². The molecule has 0 radical (unpaired) electrons. The Morgan fingerprint density at radius 2 is 2.29 bits per heavy atom. The van der Waals surface area contributed by atoms with E-state index in [0.717, 1.165) is 5.56 Å². The van der Waals surface area contributed by atoms with Crippen LogP contribution in [-0.2, 0) is 0 Å². The second kappa shape index (κ2) is 4.69. The average Bonchev–Trinajstić information content (AvgIpc) is 2.18. The number of carbonyl (C=O) groups excluding carboxylic acids is 1. The van der Waals surface area contributed by atoms with Gasteiger partial charge in [0.05, 0.1) is 6.20 Å². The highest BCUT2D eigenvalue weighted by atomic mass is 16.1. The van der Waals surface area contributed by atoms with Gasteiger partial charge < -0.3 is 5.32 Å². The van der Waals surface area contributed by atoms with Gasteiger partial charge in [0.15, 0.2) is 5.69 Å². The Bertz CT molecular complexity index is 323. The van der Waals surface area contributed by atoms with Gasteiger partial charge in [0, 0.05) is 6.54 Å². The first-order valence-electron chi connectivity index (χ1n) is 4.76. The van der Waals surface area contributed by atoms with Crippen molar-refractivity contribution in [1.82, 2.24) is 15.5 Å². The number of rotatable bonds is 3. The highest BCUT2D eigenvalue weighted by molar-refractivity contribution is 5.92. The molecular formula is C10H15N3O. The first-order valence-corrected chi connectivity index (χ1v) is 4.76. The normalized spacial score (nSPS) is 10.3. The van der Waals surface area contributed by atoms with Crippen LogP contribution < -0.4 is 5.32 Å². The van der Waals surface area contributed by atoms with Crippen molar-refractivity contribution in [3.63, 3.8) is 0 Å². The zero-order valence-electron chi connectivity index (χ0n) is 8.74. The molecule has 14 heavy (non-hydrogen) atoms. The molecule has 1 rings (SSSR count). The largest absolute Gasteiger partial charge is 0.351 e. The summed E-state index contributed by atoms with van der Waals surface area (Å²) >= 11 is 0. The first kappa shape index (κ1) is 10.6. The molecule has 0 aromatic carbocycles. The Kier molecular flexibility index (Phi) is 3.56. The number of nitrogens with one attached hydrogen (secondary N) is 1. The van der Waals surface area contributed by atoms with E-state index in [1.54, 1.807) is 12.3 Å². The van der Waals surface area contributed by atoms with Crippen LogP contribution in [0.2, 0.25) is 0 Å². The Hall–Kier alpha value is -1.45. The fourth-order valence-corrected chi connectivity index (χ4v) is 1.06. The van der Waals surface area contributed by atoms with E-state index in [-0.39, 0.29) is 5.91 Å². The third-order valence-corrected chi connectivity index (χ3v) is 1.91. The van der Waals surface area contributed by atoms with Crippen LogP contribution in [-0.4, -0.2) is 22.6 Å². The molecule has 0 bridgehead atoms. The van der Waals surface area contributed by atoms with Crippen LogP contribution >= 0.6 is 0 Å². The molecule has 0 fully saturated rings. The van der Waals surface area contributed by atoms with Gasteiger partial charge in [-0.2, -0.15) is 5.10 Å². The lowest BCUT2D eigenvalue weighted by Crippen LogP contribution is -2.24. The van der Waals surface area contributed by atoms with Crippen molar-refractivity contribution in [2.75, 3.05) is 6.54 Å².